The fourth-order valence-corrected chi connectivity index (χ4v) is 11.0. The number of hydrogen-bond donors (Lipinski definition) is 0. The summed E-state index contributed by atoms with van der Waals surface area (Å²) in [6.45, 7) is 0. The molecular weight excluding hydrogens is 909 g/mol. The summed E-state index contributed by atoms with van der Waals surface area (Å²) in [7, 11) is 0. The molecule has 3 heteroatoms. The molecule has 0 radical (unpaired) electrons. The average Bonchev–Trinajstić information content (AvgIpc) is 4.04. The Bertz CT molecular complexity index is 4300. The minimum Gasteiger partial charge on any atom is -0.456 e. The Balaban J connectivity index is 0.764. The Morgan fingerprint density at radius 3 is 1.15 bits per heavy atom. The molecule has 0 bridgehead atoms. The number of anilines is 3. The van der Waals surface area contributed by atoms with Crippen LogP contribution in [-0.2, 0) is 0 Å². The topological polar surface area (TPSA) is 21.3 Å². The summed E-state index contributed by atoms with van der Waals surface area (Å²) in [6.07, 6.45) is 0. The van der Waals surface area contributed by atoms with Gasteiger partial charge < -0.3 is 13.9 Å². The molecule has 0 amide bonds. The molecule has 0 spiro atoms. The predicted octanol–water partition coefficient (Wildman–Crippen LogP) is 20.2. The lowest BCUT2D eigenvalue weighted by Crippen LogP contribution is -2.10. The summed E-state index contributed by atoms with van der Waals surface area (Å²) < 4.78 is 8.60. The molecule has 0 saturated heterocycles. The maximum absolute atomic E-state index is 6.22. The van der Waals surface area contributed by atoms with Crippen molar-refractivity contribution >= 4 is 60.8 Å². The van der Waals surface area contributed by atoms with Gasteiger partial charge in [-0.05, 0) is 146 Å². The Hall–Kier alpha value is -9.96. The lowest BCUT2D eigenvalue weighted by molar-refractivity contribution is 0.669. The van der Waals surface area contributed by atoms with Crippen LogP contribution in [0.5, 0.6) is 0 Å². The van der Waals surface area contributed by atoms with E-state index < -0.39 is 0 Å². The number of para-hydroxylation sites is 3. The molecule has 0 unspecified atom stereocenters. The van der Waals surface area contributed by atoms with Gasteiger partial charge in [0, 0.05) is 44.3 Å². The molecule has 352 valence electrons. The molecule has 2 heterocycles. The molecular formula is C72H48N2O. The molecule has 0 aliphatic carbocycles. The summed E-state index contributed by atoms with van der Waals surface area (Å²) in [5.41, 5.74) is 22.7. The van der Waals surface area contributed by atoms with E-state index in [0.717, 1.165) is 78.1 Å². The number of benzene rings is 12. The van der Waals surface area contributed by atoms with Crippen LogP contribution < -0.4 is 4.90 Å². The monoisotopic (exact) mass is 956 g/mol. The van der Waals surface area contributed by atoms with Crippen LogP contribution in [0.3, 0.4) is 0 Å². The van der Waals surface area contributed by atoms with Gasteiger partial charge in [-0.15, -0.1) is 0 Å². The molecule has 75 heavy (non-hydrogen) atoms. The van der Waals surface area contributed by atoms with Gasteiger partial charge in [0.15, 0.2) is 0 Å². The molecule has 0 atom stereocenters. The Labute approximate surface area is 436 Å². The highest BCUT2D eigenvalue weighted by Crippen LogP contribution is 2.40. The first-order valence-corrected chi connectivity index (χ1v) is 25.6. The molecule has 0 N–H and O–H groups in total. The molecule has 0 aliphatic rings. The highest BCUT2D eigenvalue weighted by molar-refractivity contribution is 6.09. The van der Waals surface area contributed by atoms with Crippen molar-refractivity contribution in [2.45, 2.75) is 0 Å². The van der Waals surface area contributed by atoms with Gasteiger partial charge in [-0.2, -0.15) is 0 Å². The summed E-state index contributed by atoms with van der Waals surface area (Å²) in [5.74, 6) is 0. The Morgan fingerprint density at radius 1 is 0.227 bits per heavy atom. The fourth-order valence-electron chi connectivity index (χ4n) is 11.0. The summed E-state index contributed by atoms with van der Waals surface area (Å²) in [6, 6.07) is 105. The normalized spacial score (nSPS) is 11.5. The van der Waals surface area contributed by atoms with E-state index >= 15 is 0 Å². The highest BCUT2D eigenvalue weighted by atomic mass is 16.3. The second-order valence-corrected chi connectivity index (χ2v) is 19.3. The van der Waals surface area contributed by atoms with Gasteiger partial charge in [0.25, 0.3) is 0 Å². The third-order valence-corrected chi connectivity index (χ3v) is 14.8. The van der Waals surface area contributed by atoms with Crippen molar-refractivity contribution in [3.8, 4) is 72.4 Å². The number of nitrogens with zero attached hydrogens (tertiary/aromatic N) is 2. The SMILES string of the molecule is c1ccc(-c2ccc(-c3cccc(N(c4ccc(-c5ccc(-c6cccc(-n7c8ccccc8c8ccccc87)c6)cc5)cc4)c4ccc(-c5ccc(-c6ccc7c(c6)oc6ccccc67)cc5)cc4)c3)cc2)cc1. The van der Waals surface area contributed by atoms with Gasteiger partial charge in [0.1, 0.15) is 11.2 Å². The summed E-state index contributed by atoms with van der Waals surface area (Å²) in [5, 5.41) is 4.81. The number of furan rings is 1. The molecule has 0 saturated carbocycles. The van der Waals surface area contributed by atoms with E-state index in [1.165, 1.54) is 55.2 Å². The van der Waals surface area contributed by atoms with Crippen LogP contribution in [0.25, 0.3) is 116 Å². The van der Waals surface area contributed by atoms with E-state index in [9.17, 15) is 0 Å². The predicted molar refractivity (Wildman–Crippen MR) is 315 cm³/mol. The Kier molecular flexibility index (Phi) is 10.8. The van der Waals surface area contributed by atoms with Gasteiger partial charge >= 0.3 is 0 Å². The zero-order valence-corrected chi connectivity index (χ0v) is 41.0. The Morgan fingerprint density at radius 2 is 0.600 bits per heavy atom. The van der Waals surface area contributed by atoms with Gasteiger partial charge in [0.05, 0.1) is 11.0 Å². The second-order valence-electron chi connectivity index (χ2n) is 19.3. The molecule has 3 nitrogen and oxygen atoms in total. The first-order chi connectivity index (χ1) is 37.1. The van der Waals surface area contributed by atoms with Crippen molar-refractivity contribution in [2.75, 3.05) is 4.90 Å². The van der Waals surface area contributed by atoms with E-state index in [1.807, 2.05) is 12.1 Å². The maximum Gasteiger partial charge on any atom is 0.136 e. The van der Waals surface area contributed by atoms with Crippen molar-refractivity contribution in [3.63, 3.8) is 0 Å². The first kappa shape index (κ1) is 43.8. The molecule has 14 aromatic rings. The number of aromatic nitrogens is 1. The largest absolute Gasteiger partial charge is 0.456 e. The van der Waals surface area contributed by atoms with Crippen LogP contribution in [0, 0.1) is 0 Å². The van der Waals surface area contributed by atoms with Crippen LogP contribution in [0.4, 0.5) is 17.1 Å². The van der Waals surface area contributed by atoms with E-state index in [0.29, 0.717) is 0 Å². The maximum atomic E-state index is 6.22. The third kappa shape index (κ3) is 8.14. The van der Waals surface area contributed by atoms with Crippen molar-refractivity contribution in [3.05, 3.63) is 291 Å². The summed E-state index contributed by atoms with van der Waals surface area (Å²) in [4.78, 5) is 2.36. The van der Waals surface area contributed by atoms with E-state index in [-0.39, 0.29) is 0 Å². The standard InChI is InChI=1S/C72H48N2O/c1-2-12-49(13-3-1)50-24-30-55(31-25-50)58-14-10-16-63(46-58)73(62-43-38-54(39-44-62)52-28-34-57(35-29-52)60-40-45-68-67-20-6-9-23-71(67)75-72(68)48-60)61-41-36-53(37-42-61)51-26-32-56(33-27-51)59-15-11-17-64(47-59)74-69-21-7-4-18-65(69)66-19-5-8-22-70(66)74/h1-48H. The second kappa shape index (κ2) is 18.6. The molecule has 14 rings (SSSR count). The van der Waals surface area contributed by atoms with Gasteiger partial charge in [0.2, 0.25) is 0 Å². The van der Waals surface area contributed by atoms with Crippen LogP contribution in [0.1, 0.15) is 0 Å². The summed E-state index contributed by atoms with van der Waals surface area (Å²) >= 11 is 0. The number of rotatable bonds is 10. The zero-order chi connectivity index (χ0) is 49.7. The molecule has 2 aromatic heterocycles. The van der Waals surface area contributed by atoms with Crippen LogP contribution >= 0.6 is 0 Å². The van der Waals surface area contributed by atoms with Gasteiger partial charge in [-0.25, -0.2) is 0 Å². The minimum absolute atomic E-state index is 0.905. The number of hydrogen-bond acceptors (Lipinski definition) is 2. The minimum atomic E-state index is 0.905. The lowest BCUT2D eigenvalue weighted by Gasteiger charge is -2.26. The lowest BCUT2D eigenvalue weighted by atomic mass is 9.98. The van der Waals surface area contributed by atoms with Crippen LogP contribution in [0.15, 0.2) is 296 Å². The van der Waals surface area contributed by atoms with Gasteiger partial charge in [-0.3, -0.25) is 0 Å². The zero-order valence-electron chi connectivity index (χ0n) is 41.0. The quantitative estimate of drug-likeness (QED) is 0.136. The molecule has 12 aromatic carbocycles. The fraction of sp³-hybridized carbons (Fsp3) is 0. The van der Waals surface area contributed by atoms with Crippen molar-refractivity contribution < 1.29 is 4.42 Å². The van der Waals surface area contributed by atoms with Crippen LogP contribution in [0.2, 0.25) is 0 Å². The van der Waals surface area contributed by atoms with Crippen molar-refractivity contribution in [2.24, 2.45) is 0 Å². The van der Waals surface area contributed by atoms with E-state index in [4.69, 9.17) is 4.42 Å². The first-order valence-electron chi connectivity index (χ1n) is 25.6. The highest BCUT2D eigenvalue weighted by Gasteiger charge is 2.17. The molecule has 0 aliphatic heterocycles. The third-order valence-electron chi connectivity index (χ3n) is 14.8. The number of fused-ring (bicyclic) bond motifs is 6. The van der Waals surface area contributed by atoms with Crippen molar-refractivity contribution in [1.29, 1.82) is 0 Å². The van der Waals surface area contributed by atoms with Gasteiger partial charge in [-0.1, -0.05) is 212 Å². The smallest absolute Gasteiger partial charge is 0.136 e. The van der Waals surface area contributed by atoms with Crippen LogP contribution in [-0.4, -0.2) is 4.57 Å². The average molecular weight is 957 g/mol. The van der Waals surface area contributed by atoms with E-state index in [1.54, 1.807) is 0 Å². The van der Waals surface area contributed by atoms with Crippen molar-refractivity contribution in [1.82, 2.24) is 4.57 Å². The molecule has 0 fully saturated rings. The van der Waals surface area contributed by atoms with E-state index in [2.05, 4.69) is 289 Å².